The summed E-state index contributed by atoms with van der Waals surface area (Å²) in [5.41, 5.74) is 0. The lowest BCUT2D eigenvalue weighted by molar-refractivity contribution is -0.153. The van der Waals surface area contributed by atoms with Crippen LogP contribution in [-0.4, -0.2) is 25.0 Å². The molecule has 14 heavy (non-hydrogen) atoms. The Bertz CT molecular complexity index is 222. The Kier molecular flexibility index (Phi) is 4.59. The molecule has 0 aliphatic rings. The maximum absolute atomic E-state index is 11.7. The number of methoxy groups -OCH3 is 1. The molecule has 0 aliphatic heterocycles. The highest BCUT2D eigenvalue weighted by atomic mass is 19.4. The number of hydrogen-bond acceptors (Lipinski definition) is 3. The summed E-state index contributed by atoms with van der Waals surface area (Å²) in [5, 5.41) is 0. The summed E-state index contributed by atoms with van der Waals surface area (Å²) in [7, 11) is 1.08. The summed E-state index contributed by atoms with van der Waals surface area (Å²) in [4.78, 5) is 21.7. The van der Waals surface area contributed by atoms with Gasteiger partial charge in [0, 0.05) is 6.42 Å². The van der Waals surface area contributed by atoms with Crippen molar-refractivity contribution in [1.82, 2.24) is 0 Å². The van der Waals surface area contributed by atoms with E-state index in [9.17, 15) is 22.8 Å². The number of esters is 1. The van der Waals surface area contributed by atoms with E-state index in [2.05, 4.69) is 4.74 Å². The molecule has 0 aromatic rings. The summed E-state index contributed by atoms with van der Waals surface area (Å²) < 4.78 is 39.3. The van der Waals surface area contributed by atoms with Crippen molar-refractivity contribution in [2.24, 2.45) is 5.92 Å². The predicted octanol–water partition coefficient (Wildman–Crippen LogP) is 1.71. The van der Waals surface area contributed by atoms with Gasteiger partial charge in [-0.3, -0.25) is 9.59 Å². The summed E-state index contributed by atoms with van der Waals surface area (Å²) in [6.07, 6.45) is -6.25. The Balaban J connectivity index is 4.03. The standard InChI is InChI=1S/C8H11F3O3/c1-5(7(13)14-2)6(12)3-4-8(9,10)11/h5H,3-4H2,1-2H3. The molecular weight excluding hydrogens is 201 g/mol. The molecule has 0 saturated carbocycles. The fraction of sp³-hybridized carbons (Fsp3) is 0.750. The molecule has 0 aliphatic carbocycles. The lowest BCUT2D eigenvalue weighted by Crippen LogP contribution is -2.23. The number of carbonyl (C=O) groups excluding carboxylic acids is 2. The van der Waals surface area contributed by atoms with E-state index < -0.39 is 36.7 Å². The molecule has 0 aromatic heterocycles. The van der Waals surface area contributed by atoms with Gasteiger partial charge in [-0.25, -0.2) is 0 Å². The van der Waals surface area contributed by atoms with Gasteiger partial charge in [0.2, 0.25) is 0 Å². The first kappa shape index (κ1) is 12.9. The van der Waals surface area contributed by atoms with E-state index in [0.29, 0.717) is 0 Å². The maximum atomic E-state index is 11.7. The van der Waals surface area contributed by atoms with Gasteiger partial charge in [0.25, 0.3) is 0 Å². The maximum Gasteiger partial charge on any atom is 0.389 e. The zero-order chi connectivity index (χ0) is 11.4. The minimum atomic E-state index is -4.37. The Morgan fingerprint density at radius 1 is 1.36 bits per heavy atom. The number of halogens is 3. The van der Waals surface area contributed by atoms with Gasteiger partial charge in [0.1, 0.15) is 11.7 Å². The molecule has 0 fully saturated rings. The van der Waals surface area contributed by atoms with Crippen LogP contribution >= 0.6 is 0 Å². The van der Waals surface area contributed by atoms with Crippen LogP contribution in [0, 0.1) is 5.92 Å². The zero-order valence-corrected chi connectivity index (χ0v) is 7.85. The fourth-order valence-corrected chi connectivity index (χ4v) is 0.790. The molecule has 0 N–H and O–H groups in total. The van der Waals surface area contributed by atoms with E-state index in [-0.39, 0.29) is 0 Å². The average molecular weight is 212 g/mol. The Morgan fingerprint density at radius 2 is 1.86 bits per heavy atom. The van der Waals surface area contributed by atoms with Crippen molar-refractivity contribution >= 4 is 11.8 Å². The second kappa shape index (κ2) is 4.97. The van der Waals surface area contributed by atoms with Gasteiger partial charge in [-0.2, -0.15) is 13.2 Å². The summed E-state index contributed by atoms with van der Waals surface area (Å²) in [6, 6.07) is 0. The Labute approximate surface area is 79.2 Å². The van der Waals surface area contributed by atoms with E-state index in [4.69, 9.17) is 0 Å². The van der Waals surface area contributed by atoms with E-state index in [1.54, 1.807) is 0 Å². The van der Waals surface area contributed by atoms with Gasteiger partial charge < -0.3 is 4.74 Å². The quantitative estimate of drug-likeness (QED) is 0.526. The monoisotopic (exact) mass is 212 g/mol. The van der Waals surface area contributed by atoms with Gasteiger partial charge in [-0.1, -0.05) is 0 Å². The Hall–Kier alpha value is -1.07. The first-order valence-electron chi connectivity index (χ1n) is 3.95. The van der Waals surface area contributed by atoms with Gasteiger partial charge in [-0.15, -0.1) is 0 Å². The molecule has 0 aromatic carbocycles. The smallest absolute Gasteiger partial charge is 0.389 e. The number of hydrogen-bond donors (Lipinski definition) is 0. The molecule has 0 rings (SSSR count). The van der Waals surface area contributed by atoms with Crippen molar-refractivity contribution in [2.75, 3.05) is 7.11 Å². The first-order valence-corrected chi connectivity index (χ1v) is 3.95. The molecule has 0 saturated heterocycles. The van der Waals surface area contributed by atoms with Gasteiger partial charge >= 0.3 is 12.1 Å². The molecule has 0 radical (unpaired) electrons. The molecule has 0 heterocycles. The second-order valence-corrected chi connectivity index (χ2v) is 2.83. The summed E-state index contributed by atoms with van der Waals surface area (Å²) in [5.74, 6) is -2.69. The van der Waals surface area contributed by atoms with E-state index >= 15 is 0 Å². The molecule has 3 nitrogen and oxygen atoms in total. The van der Waals surface area contributed by atoms with Gasteiger partial charge in [0.15, 0.2) is 0 Å². The first-order chi connectivity index (χ1) is 6.28. The van der Waals surface area contributed by atoms with Crippen LogP contribution in [0.4, 0.5) is 13.2 Å². The molecule has 0 bridgehead atoms. The van der Waals surface area contributed by atoms with Crippen molar-refractivity contribution in [3.63, 3.8) is 0 Å². The van der Waals surface area contributed by atoms with Crippen molar-refractivity contribution in [1.29, 1.82) is 0 Å². The number of ketones is 1. The van der Waals surface area contributed by atoms with Crippen LogP contribution in [0.2, 0.25) is 0 Å². The second-order valence-electron chi connectivity index (χ2n) is 2.83. The highest BCUT2D eigenvalue weighted by Gasteiger charge is 2.30. The minimum absolute atomic E-state index is 0.681. The molecule has 82 valence electrons. The molecular formula is C8H11F3O3. The van der Waals surface area contributed by atoms with Gasteiger partial charge in [0.05, 0.1) is 13.5 Å². The van der Waals surface area contributed by atoms with Crippen LogP contribution in [0.3, 0.4) is 0 Å². The largest absolute Gasteiger partial charge is 0.468 e. The van der Waals surface area contributed by atoms with Crippen LogP contribution in [0.15, 0.2) is 0 Å². The SMILES string of the molecule is COC(=O)C(C)C(=O)CCC(F)(F)F. The molecule has 6 heteroatoms. The number of ether oxygens (including phenoxy) is 1. The summed E-state index contributed by atoms with van der Waals surface area (Å²) >= 11 is 0. The number of alkyl halides is 3. The summed E-state index contributed by atoms with van der Waals surface area (Å²) in [6.45, 7) is 1.23. The third kappa shape index (κ3) is 4.84. The number of Topliss-reactive ketones (excluding diaryl/α,β-unsaturated/α-hetero) is 1. The van der Waals surface area contributed by atoms with Crippen LogP contribution in [0.1, 0.15) is 19.8 Å². The van der Waals surface area contributed by atoms with Crippen molar-refractivity contribution in [3.05, 3.63) is 0 Å². The third-order valence-corrected chi connectivity index (χ3v) is 1.69. The topological polar surface area (TPSA) is 43.4 Å². The highest BCUT2D eigenvalue weighted by molar-refractivity contribution is 5.98. The normalized spacial score (nSPS) is 13.5. The minimum Gasteiger partial charge on any atom is -0.468 e. The third-order valence-electron chi connectivity index (χ3n) is 1.69. The number of rotatable bonds is 4. The average Bonchev–Trinajstić information content (AvgIpc) is 2.10. The van der Waals surface area contributed by atoms with Crippen molar-refractivity contribution in [2.45, 2.75) is 25.9 Å². The van der Waals surface area contributed by atoms with E-state index in [1.165, 1.54) is 6.92 Å². The predicted molar refractivity (Wildman–Crippen MR) is 41.5 cm³/mol. The van der Waals surface area contributed by atoms with Crippen LogP contribution in [0.25, 0.3) is 0 Å². The van der Waals surface area contributed by atoms with Crippen LogP contribution in [-0.2, 0) is 14.3 Å². The Morgan fingerprint density at radius 3 is 2.21 bits per heavy atom. The van der Waals surface area contributed by atoms with E-state index in [0.717, 1.165) is 7.11 Å². The lowest BCUT2D eigenvalue weighted by Gasteiger charge is -2.09. The van der Waals surface area contributed by atoms with Crippen molar-refractivity contribution in [3.8, 4) is 0 Å². The fourth-order valence-electron chi connectivity index (χ4n) is 0.790. The van der Waals surface area contributed by atoms with Crippen LogP contribution < -0.4 is 0 Å². The molecule has 1 atom stereocenters. The number of carbonyl (C=O) groups is 2. The molecule has 0 amide bonds. The van der Waals surface area contributed by atoms with Gasteiger partial charge in [-0.05, 0) is 6.92 Å². The zero-order valence-electron chi connectivity index (χ0n) is 7.85. The van der Waals surface area contributed by atoms with E-state index in [1.807, 2.05) is 0 Å². The lowest BCUT2D eigenvalue weighted by atomic mass is 10.0. The molecule has 0 spiro atoms. The van der Waals surface area contributed by atoms with Crippen LogP contribution in [0.5, 0.6) is 0 Å². The highest BCUT2D eigenvalue weighted by Crippen LogP contribution is 2.22. The van der Waals surface area contributed by atoms with Crippen molar-refractivity contribution < 1.29 is 27.5 Å². The molecule has 1 unspecified atom stereocenters.